The highest BCUT2D eigenvalue weighted by molar-refractivity contribution is 5.77. The van der Waals surface area contributed by atoms with Gasteiger partial charge in [-0.3, -0.25) is 9.59 Å². The normalized spacial score (nSPS) is 13.7. The summed E-state index contributed by atoms with van der Waals surface area (Å²) >= 11 is 0. The van der Waals surface area contributed by atoms with Crippen molar-refractivity contribution in [3.63, 3.8) is 0 Å². The van der Waals surface area contributed by atoms with Crippen molar-refractivity contribution in [3.05, 3.63) is 60.8 Å². The second-order valence-corrected chi connectivity index (χ2v) is 17.5. The lowest BCUT2D eigenvalue weighted by molar-refractivity contribution is -0.151. The van der Waals surface area contributed by atoms with Crippen molar-refractivity contribution in [1.82, 2.24) is 5.32 Å². The summed E-state index contributed by atoms with van der Waals surface area (Å²) < 4.78 is 5.93. The van der Waals surface area contributed by atoms with Gasteiger partial charge in [-0.25, -0.2) is 0 Å². The molecule has 6 heteroatoms. The number of aliphatic hydroxyl groups is 2. The third-order valence-corrected chi connectivity index (χ3v) is 11.6. The van der Waals surface area contributed by atoms with Gasteiger partial charge in [0.15, 0.2) is 0 Å². The first kappa shape index (κ1) is 58.6. The second kappa shape index (κ2) is 48.6. The van der Waals surface area contributed by atoms with Crippen molar-refractivity contribution in [3.8, 4) is 0 Å². The smallest absolute Gasteiger partial charge is 0.306 e. The molecule has 0 rings (SSSR count). The average molecular weight is 854 g/mol. The molecule has 3 N–H and O–H groups in total. The van der Waals surface area contributed by atoms with Crippen LogP contribution in [0.3, 0.4) is 0 Å². The molecule has 0 aliphatic heterocycles. The quantitative estimate of drug-likeness (QED) is 0.0322. The van der Waals surface area contributed by atoms with Gasteiger partial charge in [0.2, 0.25) is 5.91 Å². The predicted octanol–water partition coefficient (Wildman–Crippen LogP) is 15.6. The minimum Gasteiger partial charge on any atom is -0.462 e. The van der Waals surface area contributed by atoms with Crippen LogP contribution >= 0.6 is 0 Å². The van der Waals surface area contributed by atoms with Crippen molar-refractivity contribution in [2.45, 2.75) is 270 Å². The van der Waals surface area contributed by atoms with E-state index in [0.717, 1.165) is 103 Å². The van der Waals surface area contributed by atoms with Gasteiger partial charge in [-0.05, 0) is 89.9 Å². The van der Waals surface area contributed by atoms with E-state index in [-0.39, 0.29) is 24.9 Å². The van der Waals surface area contributed by atoms with E-state index >= 15 is 0 Å². The van der Waals surface area contributed by atoms with Gasteiger partial charge in [0.25, 0.3) is 0 Å². The van der Waals surface area contributed by atoms with E-state index in [1.807, 2.05) is 0 Å². The maximum atomic E-state index is 13.2. The van der Waals surface area contributed by atoms with Gasteiger partial charge in [0, 0.05) is 6.42 Å². The summed E-state index contributed by atoms with van der Waals surface area (Å²) in [6, 6.07) is -0.711. The first-order chi connectivity index (χ1) is 30.0. The maximum Gasteiger partial charge on any atom is 0.306 e. The maximum absolute atomic E-state index is 13.2. The number of esters is 1. The number of unbranched alkanes of at least 4 members (excludes halogenated alkanes) is 24. The Morgan fingerprint density at radius 2 is 0.885 bits per heavy atom. The van der Waals surface area contributed by atoms with Gasteiger partial charge in [-0.2, -0.15) is 0 Å². The molecule has 3 atom stereocenters. The van der Waals surface area contributed by atoms with Crippen molar-refractivity contribution in [2.24, 2.45) is 0 Å². The lowest BCUT2D eigenvalue weighted by atomic mass is 10.0. The van der Waals surface area contributed by atoms with Crippen LogP contribution < -0.4 is 5.32 Å². The molecule has 1 amide bonds. The molecule has 0 spiro atoms. The standard InChI is InChI=1S/C55H99NO5/c1-4-7-10-13-16-19-22-24-26-27-28-29-32-34-37-40-43-46-51(61-55(60)48-45-42-39-36-33-30-25-23-20-17-14-11-8-5-2)49-54(59)56-52(50-57)53(58)47-44-41-38-35-31-21-18-15-12-9-6-3/h8,11,16-17,19-20,24,26,28-29,51-53,57-58H,4-7,9-10,12-15,18,21-23,25,27,30-50H2,1-3H3,(H,56,59)/b11-8+,19-16-,20-17+,26-24-,29-28-. The number of amides is 1. The number of carbonyl (C=O) groups excluding carboxylic acids is 2. The Bertz CT molecular complexity index is 1090. The summed E-state index contributed by atoms with van der Waals surface area (Å²) in [7, 11) is 0. The van der Waals surface area contributed by atoms with Gasteiger partial charge >= 0.3 is 5.97 Å². The Morgan fingerprint density at radius 3 is 1.38 bits per heavy atom. The number of allylic oxidation sites excluding steroid dienone is 10. The fourth-order valence-corrected chi connectivity index (χ4v) is 7.65. The van der Waals surface area contributed by atoms with Gasteiger partial charge in [0.1, 0.15) is 6.10 Å². The highest BCUT2D eigenvalue weighted by Crippen LogP contribution is 2.17. The van der Waals surface area contributed by atoms with E-state index in [4.69, 9.17) is 4.74 Å². The lowest BCUT2D eigenvalue weighted by Gasteiger charge is -2.24. The molecule has 0 bridgehead atoms. The zero-order chi connectivity index (χ0) is 44.5. The van der Waals surface area contributed by atoms with Gasteiger partial charge in [0.05, 0.1) is 25.2 Å². The Balaban J connectivity index is 4.65. The SMILES string of the molecule is CC/C=C/C/C=C/CCCCCCCCCC(=O)OC(CCCCCC/C=C\C/C=C\C/C=C\CCCCC)CC(=O)NC(CO)C(O)CCCCCCCCCCCCC. The molecule has 0 aromatic rings. The fourth-order valence-electron chi connectivity index (χ4n) is 7.65. The highest BCUT2D eigenvalue weighted by atomic mass is 16.5. The molecule has 354 valence electrons. The molecular weight excluding hydrogens is 755 g/mol. The Hall–Kier alpha value is -2.44. The number of nitrogens with one attached hydrogen (secondary N) is 1. The molecule has 0 saturated carbocycles. The molecule has 0 fully saturated rings. The Morgan fingerprint density at radius 1 is 0.492 bits per heavy atom. The number of hydrogen-bond acceptors (Lipinski definition) is 5. The van der Waals surface area contributed by atoms with Crippen LogP contribution in [0.1, 0.15) is 252 Å². The monoisotopic (exact) mass is 854 g/mol. The molecule has 0 heterocycles. The van der Waals surface area contributed by atoms with Crippen LogP contribution in [0.4, 0.5) is 0 Å². The third kappa shape index (κ3) is 44.0. The number of aliphatic hydroxyl groups excluding tert-OH is 2. The van der Waals surface area contributed by atoms with Crippen molar-refractivity contribution in [2.75, 3.05) is 6.61 Å². The minimum atomic E-state index is -0.796. The van der Waals surface area contributed by atoms with E-state index in [0.29, 0.717) is 19.3 Å². The summed E-state index contributed by atoms with van der Waals surface area (Å²) in [5, 5.41) is 23.7. The first-order valence-electron chi connectivity index (χ1n) is 26.0. The molecular formula is C55H99NO5. The van der Waals surface area contributed by atoms with E-state index in [9.17, 15) is 19.8 Å². The third-order valence-electron chi connectivity index (χ3n) is 11.6. The van der Waals surface area contributed by atoms with Gasteiger partial charge < -0.3 is 20.3 Å². The second-order valence-electron chi connectivity index (χ2n) is 17.5. The van der Waals surface area contributed by atoms with Gasteiger partial charge in [-0.1, -0.05) is 210 Å². The van der Waals surface area contributed by atoms with E-state index < -0.39 is 18.2 Å². The summed E-state index contributed by atoms with van der Waals surface area (Å²) in [6.45, 7) is 6.34. The van der Waals surface area contributed by atoms with Crippen LogP contribution in [0.2, 0.25) is 0 Å². The number of ether oxygens (including phenoxy) is 1. The molecule has 0 aliphatic carbocycles. The van der Waals surface area contributed by atoms with Crippen LogP contribution in [-0.4, -0.2) is 46.9 Å². The first-order valence-corrected chi connectivity index (χ1v) is 26.0. The number of rotatable bonds is 46. The number of hydrogen-bond donors (Lipinski definition) is 3. The van der Waals surface area contributed by atoms with Crippen molar-refractivity contribution in [1.29, 1.82) is 0 Å². The van der Waals surface area contributed by atoms with Crippen molar-refractivity contribution < 1.29 is 24.5 Å². The lowest BCUT2D eigenvalue weighted by Crippen LogP contribution is -2.46. The summed E-state index contributed by atoms with van der Waals surface area (Å²) in [5.41, 5.74) is 0. The largest absolute Gasteiger partial charge is 0.462 e. The zero-order valence-electron chi connectivity index (χ0n) is 40.3. The molecule has 0 saturated heterocycles. The predicted molar refractivity (Wildman–Crippen MR) is 264 cm³/mol. The molecule has 6 nitrogen and oxygen atoms in total. The van der Waals surface area contributed by atoms with E-state index in [1.54, 1.807) is 0 Å². The summed E-state index contributed by atoms with van der Waals surface area (Å²) in [6.07, 6.45) is 59.9. The fraction of sp³-hybridized carbons (Fsp3) is 0.782. The number of carbonyl (C=O) groups is 2. The highest BCUT2D eigenvalue weighted by Gasteiger charge is 2.24. The van der Waals surface area contributed by atoms with E-state index in [1.165, 1.54) is 103 Å². The molecule has 0 aromatic heterocycles. The van der Waals surface area contributed by atoms with Gasteiger partial charge in [-0.15, -0.1) is 0 Å². The van der Waals surface area contributed by atoms with Crippen LogP contribution in [0.5, 0.6) is 0 Å². The van der Waals surface area contributed by atoms with Crippen LogP contribution in [0.15, 0.2) is 60.8 Å². The minimum absolute atomic E-state index is 0.0585. The van der Waals surface area contributed by atoms with Crippen LogP contribution in [0, 0.1) is 0 Å². The zero-order valence-corrected chi connectivity index (χ0v) is 40.3. The van der Waals surface area contributed by atoms with Crippen molar-refractivity contribution >= 4 is 11.9 Å². The Labute approximate surface area is 378 Å². The molecule has 0 aliphatic rings. The molecule has 61 heavy (non-hydrogen) atoms. The topological polar surface area (TPSA) is 95.9 Å². The summed E-state index contributed by atoms with van der Waals surface area (Å²) in [4.78, 5) is 26.1. The van der Waals surface area contributed by atoms with E-state index in [2.05, 4.69) is 86.8 Å². The summed E-state index contributed by atoms with van der Waals surface area (Å²) in [5.74, 6) is -0.503. The molecule has 3 unspecified atom stereocenters. The molecule has 0 aromatic carbocycles. The molecule has 0 radical (unpaired) electrons. The average Bonchev–Trinajstić information content (AvgIpc) is 3.25. The Kier molecular flexibility index (Phi) is 46.6. The van der Waals surface area contributed by atoms with Crippen LogP contribution in [0.25, 0.3) is 0 Å². The van der Waals surface area contributed by atoms with Crippen LogP contribution in [-0.2, 0) is 14.3 Å².